The van der Waals surface area contributed by atoms with E-state index in [1.54, 1.807) is 12.1 Å². The fourth-order valence-corrected chi connectivity index (χ4v) is 9.85. The lowest BCUT2D eigenvalue weighted by atomic mass is 9.76. The van der Waals surface area contributed by atoms with Crippen molar-refractivity contribution in [2.24, 2.45) is 11.8 Å². The summed E-state index contributed by atoms with van der Waals surface area (Å²) >= 11 is 1.98. The number of aryl methyl sites for hydroxylation is 1. The molecule has 1 aliphatic heterocycles. The van der Waals surface area contributed by atoms with Crippen LogP contribution in [0.25, 0.3) is 0 Å². The van der Waals surface area contributed by atoms with Crippen molar-refractivity contribution in [3.05, 3.63) is 62.7 Å². The molecule has 2 fully saturated rings. The number of Topliss-reactive ketones (excluding diaryl/α,β-unsaturated/α-hetero) is 1. The minimum absolute atomic E-state index is 0.0202. The molecular formula is C29H27F7INO4S. The van der Waals surface area contributed by atoms with Gasteiger partial charge in [0.25, 0.3) is 0 Å². The fourth-order valence-electron chi connectivity index (χ4n) is 7.13. The summed E-state index contributed by atoms with van der Waals surface area (Å²) in [5.41, 5.74) is -7.54. The topological polar surface area (TPSA) is 71.5 Å². The van der Waals surface area contributed by atoms with E-state index in [-0.39, 0.29) is 59.4 Å². The van der Waals surface area contributed by atoms with Gasteiger partial charge in [-0.2, -0.15) is 26.3 Å². The Labute approximate surface area is 257 Å². The first kappa shape index (κ1) is 32.2. The van der Waals surface area contributed by atoms with Gasteiger partial charge in [-0.25, -0.2) is 12.8 Å². The standard InChI is InChI=1S/C29H27F7INO4S/c1-16(39)17-2-3-19(14-17)25(40)38-13-12-26(43(41,42)22-8-6-21(37)7-9-22)23-10-5-20(15-18(23)4-11-24(26)38)27(30,28(31,32)33)29(34,35)36/h5-10,15,17,19,24H,2-4,11-14H2,1H3/t17?,19?,24-,26-/m1/s1. The molecule has 43 heavy (non-hydrogen) atoms. The maximum Gasteiger partial charge on any atom is 0.435 e. The molecule has 1 heterocycles. The fraction of sp³-hybridized carbons (Fsp3) is 0.517. The minimum Gasteiger partial charge on any atom is -0.337 e. The van der Waals surface area contributed by atoms with Crippen LogP contribution in [-0.4, -0.2) is 49.9 Å². The maximum atomic E-state index is 15.0. The van der Waals surface area contributed by atoms with Gasteiger partial charge < -0.3 is 4.90 Å². The van der Waals surface area contributed by atoms with Gasteiger partial charge >= 0.3 is 18.0 Å². The lowest BCUT2D eigenvalue weighted by molar-refractivity contribution is -0.348. The largest absolute Gasteiger partial charge is 0.435 e. The van der Waals surface area contributed by atoms with Crippen molar-refractivity contribution >= 4 is 44.1 Å². The quantitative estimate of drug-likeness (QED) is 0.250. The zero-order valence-electron chi connectivity index (χ0n) is 22.7. The Bertz CT molecular complexity index is 1540. The molecule has 2 aromatic rings. The highest BCUT2D eigenvalue weighted by Gasteiger charge is 2.74. The van der Waals surface area contributed by atoms with E-state index in [2.05, 4.69) is 0 Å². The van der Waals surface area contributed by atoms with Crippen molar-refractivity contribution < 1.29 is 48.7 Å². The number of likely N-dealkylation sites (tertiary alicyclic amines) is 1. The predicted octanol–water partition coefficient (Wildman–Crippen LogP) is 6.80. The van der Waals surface area contributed by atoms with Crippen molar-refractivity contribution in [1.82, 2.24) is 4.90 Å². The molecule has 1 saturated carbocycles. The molecule has 0 bridgehead atoms. The number of halogens is 8. The van der Waals surface area contributed by atoms with Gasteiger partial charge in [-0.3, -0.25) is 9.59 Å². The number of ketones is 1. The van der Waals surface area contributed by atoms with Crippen LogP contribution in [-0.2, 0) is 36.3 Å². The molecule has 5 rings (SSSR count). The maximum absolute atomic E-state index is 15.0. The molecule has 0 radical (unpaired) electrons. The molecule has 2 aromatic carbocycles. The lowest BCUT2D eigenvalue weighted by Crippen LogP contribution is -2.53. The molecule has 0 N–H and O–H groups in total. The molecule has 1 saturated heterocycles. The predicted molar refractivity (Wildman–Crippen MR) is 149 cm³/mol. The first-order chi connectivity index (χ1) is 19.9. The van der Waals surface area contributed by atoms with Gasteiger partial charge in [0.15, 0.2) is 9.84 Å². The van der Waals surface area contributed by atoms with Crippen LogP contribution in [0, 0.1) is 15.4 Å². The number of sulfone groups is 1. The van der Waals surface area contributed by atoms with Crippen molar-refractivity contribution in [3.63, 3.8) is 0 Å². The Kier molecular flexibility index (Phi) is 8.00. The van der Waals surface area contributed by atoms with Crippen molar-refractivity contribution in [3.8, 4) is 0 Å². The van der Waals surface area contributed by atoms with E-state index < -0.39 is 50.1 Å². The van der Waals surface area contributed by atoms with E-state index in [0.29, 0.717) is 31.4 Å². The van der Waals surface area contributed by atoms with Crippen LogP contribution in [0.2, 0.25) is 0 Å². The summed E-state index contributed by atoms with van der Waals surface area (Å²) in [6, 6.07) is 6.53. The Morgan fingerprint density at radius 2 is 1.51 bits per heavy atom. The normalized spacial score (nSPS) is 26.3. The van der Waals surface area contributed by atoms with Crippen molar-refractivity contribution in [1.29, 1.82) is 0 Å². The second-order valence-corrected chi connectivity index (χ2v) is 15.0. The molecule has 0 aromatic heterocycles. The zero-order chi connectivity index (χ0) is 31.8. The van der Waals surface area contributed by atoms with Crippen LogP contribution in [0.5, 0.6) is 0 Å². The molecule has 5 nitrogen and oxygen atoms in total. The number of fused-ring (bicyclic) bond motifs is 3. The average Bonchev–Trinajstić information content (AvgIpc) is 3.58. The molecule has 4 atom stereocenters. The summed E-state index contributed by atoms with van der Waals surface area (Å²) in [4.78, 5) is 27.0. The van der Waals surface area contributed by atoms with E-state index in [9.17, 15) is 48.7 Å². The number of nitrogens with zero attached hydrogens (tertiary/aromatic N) is 1. The zero-order valence-corrected chi connectivity index (χ0v) is 25.7. The highest BCUT2D eigenvalue weighted by Crippen LogP contribution is 2.57. The number of hydrogen-bond acceptors (Lipinski definition) is 4. The van der Waals surface area contributed by atoms with Gasteiger partial charge in [-0.05, 0) is 103 Å². The number of rotatable bonds is 5. The summed E-state index contributed by atoms with van der Waals surface area (Å²) in [6.45, 7) is 1.43. The van der Waals surface area contributed by atoms with Gasteiger partial charge in [0.05, 0.1) is 10.9 Å². The van der Waals surface area contributed by atoms with Crippen LogP contribution in [0.15, 0.2) is 47.4 Å². The van der Waals surface area contributed by atoms with Crippen molar-refractivity contribution in [2.45, 2.75) is 79.2 Å². The average molecular weight is 745 g/mol. The molecule has 2 aliphatic carbocycles. The SMILES string of the molecule is CC(=O)C1CCC(C(=O)N2CC[C@@]3(S(=O)(=O)c4ccc(I)cc4)c4ccc(C(F)(C(F)(F)F)C(F)(F)F)cc4CC[C@@H]23)C1. The van der Waals surface area contributed by atoms with Gasteiger partial charge in [0.2, 0.25) is 5.91 Å². The molecule has 234 valence electrons. The Morgan fingerprint density at radius 1 is 0.907 bits per heavy atom. The van der Waals surface area contributed by atoms with Crippen LogP contribution < -0.4 is 0 Å². The second kappa shape index (κ2) is 10.7. The highest BCUT2D eigenvalue weighted by molar-refractivity contribution is 14.1. The Balaban J connectivity index is 1.65. The second-order valence-electron chi connectivity index (χ2n) is 11.5. The van der Waals surface area contributed by atoms with Gasteiger partial charge in [-0.15, -0.1) is 0 Å². The molecule has 1 amide bonds. The molecule has 2 unspecified atom stereocenters. The van der Waals surface area contributed by atoms with E-state index >= 15 is 0 Å². The summed E-state index contributed by atoms with van der Waals surface area (Å²) in [5, 5.41) is 0. The Hall–Kier alpha value is -2.23. The van der Waals surface area contributed by atoms with Crippen LogP contribution in [0.3, 0.4) is 0 Å². The van der Waals surface area contributed by atoms with Crippen molar-refractivity contribution in [2.75, 3.05) is 6.54 Å². The molecular weight excluding hydrogens is 718 g/mol. The number of benzene rings is 2. The molecule has 14 heteroatoms. The number of carbonyl (C=O) groups excluding carboxylic acids is 2. The number of carbonyl (C=O) groups is 2. The number of alkyl halides is 7. The molecule has 3 aliphatic rings. The highest BCUT2D eigenvalue weighted by atomic mass is 127. The lowest BCUT2D eigenvalue weighted by Gasteiger charge is -2.43. The third kappa shape index (κ3) is 4.88. The van der Waals surface area contributed by atoms with Gasteiger partial charge in [0.1, 0.15) is 10.5 Å². The smallest absolute Gasteiger partial charge is 0.337 e. The van der Waals surface area contributed by atoms with E-state index in [1.807, 2.05) is 22.6 Å². The van der Waals surface area contributed by atoms with E-state index in [4.69, 9.17) is 0 Å². The third-order valence-electron chi connectivity index (χ3n) is 9.31. The first-order valence-electron chi connectivity index (χ1n) is 13.6. The summed E-state index contributed by atoms with van der Waals surface area (Å²) in [5.74, 6) is -1.17. The minimum atomic E-state index is -6.32. The van der Waals surface area contributed by atoms with E-state index in [1.165, 1.54) is 24.0 Å². The number of hydrogen-bond donors (Lipinski definition) is 0. The van der Waals surface area contributed by atoms with E-state index in [0.717, 1.165) is 9.64 Å². The third-order valence-corrected chi connectivity index (χ3v) is 12.6. The number of amides is 1. The van der Waals surface area contributed by atoms with Crippen LogP contribution >= 0.6 is 22.6 Å². The summed E-state index contributed by atoms with van der Waals surface area (Å²) < 4.78 is 124. The summed E-state index contributed by atoms with van der Waals surface area (Å²) in [6.07, 6.45) is -11.8. The van der Waals surface area contributed by atoms with Gasteiger partial charge in [-0.1, -0.05) is 18.2 Å². The molecule has 0 spiro atoms. The first-order valence-corrected chi connectivity index (χ1v) is 16.2. The summed E-state index contributed by atoms with van der Waals surface area (Å²) in [7, 11) is -4.40. The van der Waals surface area contributed by atoms with Crippen LogP contribution in [0.4, 0.5) is 30.7 Å². The monoisotopic (exact) mass is 745 g/mol. The Morgan fingerprint density at radius 3 is 2.07 bits per heavy atom. The van der Waals surface area contributed by atoms with Crippen LogP contribution in [0.1, 0.15) is 55.7 Å². The van der Waals surface area contributed by atoms with Gasteiger partial charge in [0, 0.05) is 27.5 Å².